The zero-order valence-corrected chi connectivity index (χ0v) is 11.7. The van der Waals surface area contributed by atoms with E-state index in [2.05, 4.69) is 12.6 Å². The maximum absolute atomic E-state index is 3.61. The molecule has 42 valence electrons. The van der Waals surface area contributed by atoms with Crippen molar-refractivity contribution in [2.45, 2.75) is 0 Å². The summed E-state index contributed by atoms with van der Waals surface area (Å²) in [6.07, 6.45) is 1.80. The molecule has 0 aliphatic rings. The second kappa shape index (κ2) is 3.03. The van der Waals surface area contributed by atoms with Crippen molar-refractivity contribution in [1.82, 2.24) is 0 Å². The molecule has 0 aromatic heterocycles. The van der Waals surface area contributed by atoms with Crippen LogP contribution in [0.5, 0.6) is 0 Å². The molecule has 0 spiro atoms. The van der Waals surface area contributed by atoms with Gasteiger partial charge in [-0.15, -0.1) is 18.2 Å². The van der Waals surface area contributed by atoms with Crippen LogP contribution in [0.25, 0.3) is 6.08 Å². The second-order valence-electron chi connectivity index (χ2n) is 1.54. The normalized spacial score (nSPS) is 7.56. The standard InChI is InChI=1S/C8H7.Rf/c1-2-8-6-4-3-5-7-8;/h2-4,6-7H,1H2;/q-1;. The van der Waals surface area contributed by atoms with Crippen molar-refractivity contribution in [3.8, 4) is 0 Å². The van der Waals surface area contributed by atoms with Crippen molar-refractivity contribution >= 4 is 6.08 Å². The van der Waals surface area contributed by atoms with Gasteiger partial charge in [-0.2, -0.15) is 30.3 Å². The summed E-state index contributed by atoms with van der Waals surface area (Å²) in [6, 6.07) is 10.6. The monoisotopic (exact) mass is 370 g/mol. The van der Waals surface area contributed by atoms with E-state index in [1.807, 2.05) is 24.3 Å². The Balaban J connectivity index is 0.000000640. The van der Waals surface area contributed by atoms with Crippen LogP contribution >= 0.6 is 0 Å². The fourth-order valence-electron chi connectivity index (χ4n) is 0.534. The first-order chi connectivity index (χ1) is 3.93. The van der Waals surface area contributed by atoms with Crippen LogP contribution in [0.3, 0.4) is 0 Å². The maximum Gasteiger partial charge on any atom is 0 e. The van der Waals surface area contributed by atoms with E-state index in [1.165, 1.54) is 0 Å². The van der Waals surface area contributed by atoms with Gasteiger partial charge in [-0.05, 0) is 0 Å². The molecule has 0 N–H and O–H groups in total. The summed E-state index contributed by atoms with van der Waals surface area (Å²) in [7, 11) is 0. The smallest absolute Gasteiger partial charge is 0 e. The molecule has 0 bridgehead atoms. The summed E-state index contributed by atoms with van der Waals surface area (Å²) in [6.45, 7) is 3.61. The fourth-order valence-corrected chi connectivity index (χ4v) is 0.534. The second-order valence-corrected chi connectivity index (χ2v) is 1.54. The zero-order valence-electron chi connectivity index (χ0n) is 5.30. The Kier molecular flexibility index (Phi) is 2.34. The van der Waals surface area contributed by atoms with Gasteiger partial charge < -0.3 is 0 Å². The molecule has 0 saturated carbocycles. The van der Waals surface area contributed by atoms with Gasteiger partial charge in [0.2, 0.25) is 0 Å². The van der Waals surface area contributed by atoms with E-state index in [4.69, 9.17) is 0 Å². The third kappa shape index (κ3) is 1.48. The number of hydrogen-bond donors (Lipinski definition) is 0. The Morgan fingerprint density at radius 2 is 2.33 bits per heavy atom. The Morgan fingerprint density at radius 1 is 1.56 bits per heavy atom. The molecule has 1 aromatic carbocycles. The Bertz CT molecular complexity index is 167. The summed E-state index contributed by atoms with van der Waals surface area (Å²) in [5, 5.41) is 0. The largest absolute Gasteiger partial charge is 0.183 e. The van der Waals surface area contributed by atoms with Gasteiger partial charge in [0.1, 0.15) is 0 Å². The minimum Gasteiger partial charge on any atom is -0.183 e. The zero-order chi connectivity index (χ0) is 5.82. The fraction of sp³-hybridized carbons (Fsp3) is 0. The molecule has 0 saturated heterocycles. The predicted molar refractivity (Wildman–Crippen MR) is 35.4 cm³/mol. The van der Waals surface area contributed by atoms with Crippen LogP contribution in [0.1, 0.15) is 5.56 Å². The quantitative estimate of drug-likeness (QED) is 0.665. The molecule has 0 nitrogen and oxygen atoms in total. The molecule has 1 heteroatoms. The van der Waals surface area contributed by atoms with Crippen molar-refractivity contribution in [3.05, 3.63) is 42.5 Å². The summed E-state index contributed by atoms with van der Waals surface area (Å²) in [4.78, 5) is 0. The minimum absolute atomic E-state index is 0. The molecule has 1 rings (SSSR count). The van der Waals surface area contributed by atoms with Gasteiger partial charge in [0.05, 0.1) is 0 Å². The molecule has 0 atom stereocenters. The van der Waals surface area contributed by atoms with Gasteiger partial charge in [0.25, 0.3) is 0 Å². The summed E-state index contributed by atoms with van der Waals surface area (Å²) in [5.74, 6) is 0. The maximum atomic E-state index is 3.61. The molecule has 0 aliphatic carbocycles. The van der Waals surface area contributed by atoms with E-state index in [1.54, 1.807) is 6.08 Å². The molecule has 9 heavy (non-hydrogen) atoms. The Morgan fingerprint density at radius 3 is 2.67 bits per heavy atom. The molecular weight excluding hydrogens is 363 g/mol. The van der Waals surface area contributed by atoms with Crippen molar-refractivity contribution in [2.75, 3.05) is 0 Å². The van der Waals surface area contributed by atoms with Crippen LogP contribution in [-0.2, 0) is 0 Å². The first-order valence-corrected chi connectivity index (χ1v) is 2.52. The minimum atomic E-state index is 0. The van der Waals surface area contributed by atoms with E-state index in [0.29, 0.717) is 0 Å². The third-order valence-electron chi connectivity index (χ3n) is 0.967. The first kappa shape index (κ1) is 6.96. The van der Waals surface area contributed by atoms with Gasteiger partial charge in [-0.1, -0.05) is 0 Å². The van der Waals surface area contributed by atoms with Crippen LogP contribution in [0.4, 0.5) is 0 Å². The number of rotatable bonds is 1. The van der Waals surface area contributed by atoms with Gasteiger partial charge in [-0.25, -0.2) is 0 Å². The van der Waals surface area contributed by atoms with E-state index in [-0.39, 0.29) is 0 Å². The van der Waals surface area contributed by atoms with E-state index >= 15 is 0 Å². The van der Waals surface area contributed by atoms with Crippen LogP contribution in [0.2, 0.25) is 0 Å². The van der Waals surface area contributed by atoms with Crippen LogP contribution in [0.15, 0.2) is 30.8 Å². The molecule has 0 amide bonds. The Labute approximate surface area is 49.5 Å². The van der Waals surface area contributed by atoms with Crippen molar-refractivity contribution in [3.63, 3.8) is 0 Å². The van der Waals surface area contributed by atoms with E-state index in [9.17, 15) is 0 Å². The van der Waals surface area contributed by atoms with Crippen LogP contribution < -0.4 is 0 Å². The molecule has 0 radical (unpaired) electrons. The van der Waals surface area contributed by atoms with Gasteiger partial charge in [0, 0.05) is 0 Å². The van der Waals surface area contributed by atoms with E-state index < -0.39 is 0 Å². The van der Waals surface area contributed by atoms with Crippen molar-refractivity contribution in [1.29, 1.82) is 0 Å². The van der Waals surface area contributed by atoms with Gasteiger partial charge >= 0.3 is 0 Å². The van der Waals surface area contributed by atoms with Gasteiger partial charge in [0.15, 0.2) is 0 Å². The van der Waals surface area contributed by atoms with Crippen LogP contribution in [0, 0.1) is 6.07 Å². The van der Waals surface area contributed by atoms with Gasteiger partial charge in [-0.3, -0.25) is 0 Å². The third-order valence-corrected chi connectivity index (χ3v) is 0.967. The molecule has 0 unspecified atom stereocenters. The SMILES string of the molecule is C=Cc1c[c-]ccc1.[Rf]. The molecule has 1 aromatic rings. The molecule has 0 fully saturated rings. The summed E-state index contributed by atoms with van der Waals surface area (Å²) < 4.78 is 0. The average molecular weight is 370 g/mol. The van der Waals surface area contributed by atoms with Crippen LogP contribution in [-0.4, -0.2) is 0 Å². The topological polar surface area (TPSA) is 0 Å². The number of hydrogen-bond acceptors (Lipinski definition) is 0. The molecule has 0 aliphatic heterocycles. The average Bonchev–Trinajstić information content (AvgIpc) is 1.90. The Hall–Kier alpha value is -2.04. The summed E-state index contributed by atoms with van der Waals surface area (Å²) >= 11 is 0. The first-order valence-electron chi connectivity index (χ1n) is 2.52. The van der Waals surface area contributed by atoms with E-state index in [0.717, 1.165) is 5.56 Å². The summed E-state index contributed by atoms with van der Waals surface area (Å²) in [5.41, 5.74) is 1.12. The van der Waals surface area contributed by atoms with Crippen molar-refractivity contribution in [2.24, 2.45) is 0 Å². The predicted octanol–water partition coefficient (Wildman–Crippen LogP) is 2.13. The number of benzene rings is 1. The molecule has 0 heterocycles. The molecular formula is C8H7Rf-. The van der Waals surface area contributed by atoms with Crippen molar-refractivity contribution < 1.29 is 0 Å².